The van der Waals surface area contributed by atoms with Crippen molar-refractivity contribution in [2.45, 2.75) is 57.0 Å². The fourth-order valence-electron chi connectivity index (χ4n) is 6.70. The van der Waals surface area contributed by atoms with Crippen molar-refractivity contribution in [1.29, 1.82) is 0 Å². The molecule has 0 radical (unpaired) electrons. The zero-order valence-electron chi connectivity index (χ0n) is 32.8. The summed E-state index contributed by atoms with van der Waals surface area (Å²) >= 11 is 1.00. The first-order valence-corrected chi connectivity index (χ1v) is 21.5. The summed E-state index contributed by atoms with van der Waals surface area (Å²) in [6, 6.07) is 38.7. The van der Waals surface area contributed by atoms with Gasteiger partial charge in [0.1, 0.15) is 23.4 Å². The highest BCUT2D eigenvalue weighted by Gasteiger charge is 2.54. The highest BCUT2D eigenvalue weighted by molar-refractivity contribution is 8.13. The standard InChI is InChI=1S/C43H48FN4O9PS/c1-41(2,29-54-43(31-18-10-5-11-19-31,32-20-12-6-13-21-32)33-22-14-7-15-23-33)40(51)59-25-24-55-58(53,46-26-30-16-8-4-9-17-30)56-28-35-37(49)42(3,52)39(57-35)48-27-34(44)36(47-48)38(45)50/h4-23,27,35,37,39,49,52H,24-26,28-29H2,1-3H3,(H2,45,50)(H,46,53)/t35-,37?,39-,42+,58?/m1/s1. The molecule has 2 heterocycles. The number of rotatable bonds is 19. The van der Waals surface area contributed by atoms with E-state index in [4.69, 9.17) is 24.3 Å². The van der Waals surface area contributed by atoms with Gasteiger partial charge in [0, 0.05) is 12.3 Å². The van der Waals surface area contributed by atoms with E-state index in [-0.39, 0.29) is 30.6 Å². The molecule has 1 amide bonds. The average Bonchev–Trinajstić information content (AvgIpc) is 3.74. The minimum absolute atomic E-state index is 0.0576. The zero-order valence-corrected chi connectivity index (χ0v) is 34.6. The monoisotopic (exact) mass is 846 g/mol. The molecule has 1 aliphatic rings. The molecule has 1 aromatic heterocycles. The Kier molecular flexibility index (Phi) is 14.0. The first-order valence-electron chi connectivity index (χ1n) is 18.9. The lowest BCUT2D eigenvalue weighted by molar-refractivity contribution is -0.124. The second-order valence-corrected chi connectivity index (χ2v) is 17.8. The van der Waals surface area contributed by atoms with Gasteiger partial charge in [-0.25, -0.2) is 18.7 Å². The number of aliphatic hydroxyl groups excluding tert-OH is 1. The summed E-state index contributed by atoms with van der Waals surface area (Å²) < 4.78 is 53.6. The van der Waals surface area contributed by atoms with Crippen molar-refractivity contribution >= 4 is 30.5 Å². The number of thioether (sulfide) groups is 1. The number of nitrogens with one attached hydrogen (secondary N) is 1. The molecule has 59 heavy (non-hydrogen) atoms. The summed E-state index contributed by atoms with van der Waals surface area (Å²) in [6.07, 6.45) is -3.56. The molecule has 0 spiro atoms. The molecule has 0 bridgehead atoms. The van der Waals surface area contributed by atoms with E-state index in [2.05, 4.69) is 10.2 Å². The van der Waals surface area contributed by atoms with Crippen molar-refractivity contribution in [1.82, 2.24) is 14.9 Å². The number of aliphatic hydroxyl groups is 2. The van der Waals surface area contributed by atoms with Crippen molar-refractivity contribution in [3.63, 3.8) is 0 Å². The van der Waals surface area contributed by atoms with Gasteiger partial charge in [-0.05, 0) is 43.0 Å². The smallest absolute Gasteiger partial charge is 0.387 e. The van der Waals surface area contributed by atoms with Crippen molar-refractivity contribution in [3.8, 4) is 0 Å². The quantitative estimate of drug-likeness (QED) is 0.0411. The van der Waals surface area contributed by atoms with Crippen molar-refractivity contribution in [3.05, 3.63) is 161 Å². The number of amides is 1. The first kappa shape index (κ1) is 44.0. The summed E-state index contributed by atoms with van der Waals surface area (Å²) in [6.45, 7) is 4.28. The van der Waals surface area contributed by atoms with Crippen molar-refractivity contribution in [2.24, 2.45) is 11.1 Å². The number of nitrogens with two attached hydrogens (primary N) is 1. The molecule has 5 aromatic rings. The Morgan fingerprint density at radius 2 is 1.46 bits per heavy atom. The Morgan fingerprint density at radius 1 is 0.932 bits per heavy atom. The summed E-state index contributed by atoms with van der Waals surface area (Å²) in [5.41, 5.74) is 3.97. The average molecular weight is 847 g/mol. The van der Waals surface area contributed by atoms with E-state index in [0.29, 0.717) is 0 Å². The molecular weight excluding hydrogens is 799 g/mol. The van der Waals surface area contributed by atoms with Gasteiger partial charge in [-0.3, -0.25) is 18.6 Å². The van der Waals surface area contributed by atoms with E-state index >= 15 is 0 Å². The van der Waals surface area contributed by atoms with Crippen LogP contribution in [0.1, 0.15) is 59.7 Å². The Hall–Kier alpha value is -4.54. The van der Waals surface area contributed by atoms with E-state index in [1.54, 1.807) is 0 Å². The van der Waals surface area contributed by atoms with E-state index < -0.39 is 66.8 Å². The number of halogens is 1. The Bertz CT molecular complexity index is 2120. The number of primary amides is 1. The van der Waals surface area contributed by atoms with Crippen LogP contribution in [0.15, 0.2) is 128 Å². The molecule has 0 saturated carbocycles. The molecule has 2 unspecified atom stereocenters. The molecule has 5 atom stereocenters. The topological polar surface area (TPSA) is 184 Å². The number of carbonyl (C=O) groups excluding carboxylic acids is 2. The molecule has 1 aliphatic heterocycles. The van der Waals surface area contributed by atoms with Crippen LogP contribution in [0.2, 0.25) is 0 Å². The lowest BCUT2D eigenvalue weighted by Gasteiger charge is -2.38. The maximum absolute atomic E-state index is 14.3. The van der Waals surface area contributed by atoms with Gasteiger partial charge in [0.2, 0.25) is 0 Å². The molecule has 13 nitrogen and oxygen atoms in total. The third kappa shape index (κ3) is 10.1. The highest BCUT2D eigenvalue weighted by atomic mass is 32.2. The molecule has 4 aromatic carbocycles. The summed E-state index contributed by atoms with van der Waals surface area (Å²) in [5.74, 6) is -2.06. The normalized spacial score (nSPS) is 20.6. The number of benzene rings is 4. The molecular formula is C43H48FN4O9PS. The molecule has 6 rings (SSSR count). The van der Waals surface area contributed by atoms with Gasteiger partial charge in [-0.2, -0.15) is 5.10 Å². The van der Waals surface area contributed by atoms with Crippen LogP contribution in [0, 0.1) is 11.2 Å². The Morgan fingerprint density at radius 3 is 1.97 bits per heavy atom. The van der Waals surface area contributed by atoms with E-state index in [1.807, 2.05) is 135 Å². The van der Waals surface area contributed by atoms with Crippen LogP contribution >= 0.6 is 19.5 Å². The van der Waals surface area contributed by atoms with E-state index in [9.17, 15) is 28.8 Å². The first-order chi connectivity index (χ1) is 28.2. The maximum Gasteiger partial charge on any atom is 0.405 e. The predicted octanol–water partition coefficient (Wildman–Crippen LogP) is 6.36. The van der Waals surface area contributed by atoms with Crippen LogP contribution in [-0.2, 0) is 40.0 Å². The van der Waals surface area contributed by atoms with Crippen LogP contribution in [-0.4, -0.2) is 74.4 Å². The van der Waals surface area contributed by atoms with Gasteiger partial charge in [-0.1, -0.05) is 133 Å². The minimum Gasteiger partial charge on any atom is -0.387 e. The number of nitrogens with zero attached hydrogens (tertiary/aromatic N) is 2. The van der Waals surface area contributed by atoms with Crippen LogP contribution in [0.4, 0.5) is 4.39 Å². The van der Waals surface area contributed by atoms with Crippen LogP contribution < -0.4 is 10.8 Å². The zero-order chi connectivity index (χ0) is 42.3. The third-order valence-corrected chi connectivity index (χ3v) is 12.7. The van der Waals surface area contributed by atoms with Crippen LogP contribution in [0.25, 0.3) is 0 Å². The number of carbonyl (C=O) groups is 2. The lowest BCUT2D eigenvalue weighted by atomic mass is 9.79. The number of aromatic nitrogens is 2. The van der Waals surface area contributed by atoms with Gasteiger partial charge in [-0.15, -0.1) is 0 Å². The number of hydrogen-bond donors (Lipinski definition) is 4. The summed E-state index contributed by atoms with van der Waals surface area (Å²) in [7, 11) is -4.17. The minimum atomic E-state index is -4.17. The van der Waals surface area contributed by atoms with Gasteiger partial charge in [0.15, 0.2) is 22.9 Å². The lowest BCUT2D eigenvalue weighted by Crippen LogP contribution is -2.44. The van der Waals surface area contributed by atoms with E-state index in [1.165, 1.54) is 6.92 Å². The summed E-state index contributed by atoms with van der Waals surface area (Å²) in [4.78, 5) is 25.4. The van der Waals surface area contributed by atoms with Crippen molar-refractivity contribution in [2.75, 3.05) is 25.6 Å². The molecule has 0 aliphatic carbocycles. The van der Waals surface area contributed by atoms with Gasteiger partial charge in [0.25, 0.3) is 5.91 Å². The number of hydrogen-bond acceptors (Lipinski definition) is 11. The summed E-state index contributed by atoms with van der Waals surface area (Å²) in [5, 5.41) is 28.5. The SMILES string of the molecule is CC(C)(COC(c1ccccc1)(c1ccccc1)c1ccccc1)C(=O)SCCOP(=O)(NCc1ccccc1)OC[C@H]1O[C@@H](n2cc(F)c(C(N)=O)n2)[C@@](C)(O)C1O. The van der Waals surface area contributed by atoms with Gasteiger partial charge < -0.3 is 25.4 Å². The number of ether oxygens (including phenoxy) is 2. The maximum atomic E-state index is 14.3. The second kappa shape index (κ2) is 18.8. The van der Waals surface area contributed by atoms with Gasteiger partial charge >= 0.3 is 7.75 Å². The Labute approximate surface area is 346 Å². The molecule has 1 saturated heterocycles. The largest absolute Gasteiger partial charge is 0.405 e. The fraction of sp³-hybridized carbons (Fsp3) is 0.326. The van der Waals surface area contributed by atoms with E-state index in [0.717, 1.165) is 44.9 Å². The molecule has 1 fully saturated rings. The molecule has 5 N–H and O–H groups in total. The Balaban J connectivity index is 1.12. The van der Waals surface area contributed by atoms with Crippen LogP contribution in [0.3, 0.4) is 0 Å². The highest BCUT2D eigenvalue weighted by Crippen LogP contribution is 2.47. The molecule has 16 heteroatoms. The van der Waals surface area contributed by atoms with Gasteiger partial charge in [0.05, 0.1) is 31.4 Å². The predicted molar refractivity (Wildman–Crippen MR) is 220 cm³/mol. The third-order valence-electron chi connectivity index (χ3n) is 9.96. The molecule has 312 valence electrons. The van der Waals surface area contributed by atoms with Crippen molar-refractivity contribution < 1.29 is 47.3 Å². The van der Waals surface area contributed by atoms with Crippen LogP contribution in [0.5, 0.6) is 0 Å². The second-order valence-electron chi connectivity index (χ2n) is 14.9. The fourth-order valence-corrected chi connectivity index (χ4v) is 8.94.